The maximum Gasteiger partial charge on any atom is 0.680 e. The van der Waals surface area contributed by atoms with Gasteiger partial charge in [0.2, 0.25) is 0 Å². The van der Waals surface area contributed by atoms with Crippen molar-refractivity contribution in [3.05, 3.63) is 0 Å². The average molecular weight is 609 g/mol. The van der Waals surface area contributed by atoms with Crippen LogP contribution >= 0.6 is 23.5 Å². The molecule has 2 atom stereocenters. The van der Waals surface area contributed by atoms with Crippen LogP contribution in [0.3, 0.4) is 0 Å². The minimum atomic E-state index is -3.47. The predicted octanol–water partition coefficient (Wildman–Crippen LogP) is 10.5. The summed E-state index contributed by atoms with van der Waals surface area (Å²) in [5.74, 6) is 5.12. The zero-order chi connectivity index (χ0) is 29.6. The van der Waals surface area contributed by atoms with E-state index in [1.54, 1.807) is 0 Å². The van der Waals surface area contributed by atoms with Gasteiger partial charge in [-0.25, -0.2) is 0 Å². The highest BCUT2D eigenvalue weighted by molar-refractivity contribution is 7.99. The van der Waals surface area contributed by atoms with Crippen molar-refractivity contribution in [2.24, 2.45) is 11.8 Å². The Kier molecular flexibility index (Phi) is 23.7. The van der Waals surface area contributed by atoms with Gasteiger partial charge in [0.25, 0.3) is 0 Å². The minimum Gasteiger partial charge on any atom is -0.351 e. The van der Waals surface area contributed by atoms with Gasteiger partial charge >= 0.3 is 9.05 Å². The van der Waals surface area contributed by atoms with Crippen LogP contribution in [0.15, 0.2) is 0 Å². The van der Waals surface area contributed by atoms with E-state index in [-0.39, 0.29) is 0 Å². The number of rotatable bonds is 28. The van der Waals surface area contributed by atoms with E-state index >= 15 is 0 Å². The summed E-state index contributed by atoms with van der Waals surface area (Å²) in [6, 6.07) is 0. The SMILES string of the molecule is CCCCSCC(C)(C)O[Si](OCC(CC)CCCC)(OCC(CC)CCCC)OC(C)(C)CSCCCC. The van der Waals surface area contributed by atoms with Crippen LogP contribution in [0.5, 0.6) is 0 Å². The largest absolute Gasteiger partial charge is 0.680 e. The van der Waals surface area contributed by atoms with Gasteiger partial charge in [0.15, 0.2) is 0 Å². The first-order valence-corrected chi connectivity index (χ1v) is 20.3. The first kappa shape index (κ1) is 39.8. The van der Waals surface area contributed by atoms with Crippen molar-refractivity contribution in [3.8, 4) is 0 Å². The van der Waals surface area contributed by atoms with E-state index in [4.69, 9.17) is 17.7 Å². The molecule has 39 heavy (non-hydrogen) atoms. The Morgan fingerprint density at radius 2 is 0.923 bits per heavy atom. The topological polar surface area (TPSA) is 36.9 Å². The summed E-state index contributed by atoms with van der Waals surface area (Å²) in [4.78, 5) is 0. The lowest BCUT2D eigenvalue weighted by Gasteiger charge is -2.41. The fourth-order valence-electron chi connectivity index (χ4n) is 4.28. The lowest BCUT2D eigenvalue weighted by molar-refractivity contribution is -0.114. The van der Waals surface area contributed by atoms with Crippen molar-refractivity contribution in [1.82, 2.24) is 0 Å². The summed E-state index contributed by atoms with van der Waals surface area (Å²) >= 11 is 3.94. The van der Waals surface area contributed by atoms with Gasteiger partial charge in [0.05, 0.1) is 11.2 Å². The van der Waals surface area contributed by atoms with Crippen LogP contribution in [0.4, 0.5) is 0 Å². The average Bonchev–Trinajstić information content (AvgIpc) is 2.89. The Morgan fingerprint density at radius 3 is 1.23 bits per heavy atom. The van der Waals surface area contributed by atoms with Gasteiger partial charge in [0, 0.05) is 24.7 Å². The highest BCUT2D eigenvalue weighted by Crippen LogP contribution is 2.32. The molecule has 0 spiro atoms. The van der Waals surface area contributed by atoms with E-state index in [1.807, 2.05) is 23.5 Å². The monoisotopic (exact) mass is 608 g/mol. The lowest BCUT2D eigenvalue weighted by atomic mass is 10.0. The van der Waals surface area contributed by atoms with Gasteiger partial charge in [-0.05, 0) is 76.7 Å². The Balaban J connectivity index is 6.06. The van der Waals surface area contributed by atoms with E-state index < -0.39 is 20.3 Å². The molecule has 2 unspecified atom stereocenters. The number of hydrogen-bond acceptors (Lipinski definition) is 6. The van der Waals surface area contributed by atoms with Crippen LogP contribution in [0.25, 0.3) is 0 Å². The number of thioether (sulfide) groups is 2. The number of hydrogen-bond donors (Lipinski definition) is 0. The van der Waals surface area contributed by atoms with Gasteiger partial charge in [-0.3, -0.25) is 0 Å². The minimum absolute atomic E-state index is 0.397. The Morgan fingerprint density at radius 1 is 0.564 bits per heavy atom. The first-order chi connectivity index (χ1) is 18.5. The maximum atomic E-state index is 7.01. The summed E-state index contributed by atoms with van der Waals surface area (Å²) in [5.41, 5.74) is -0.793. The fraction of sp³-hybridized carbons (Fsp3) is 1.00. The third-order valence-corrected chi connectivity index (χ3v) is 12.7. The van der Waals surface area contributed by atoms with Crippen LogP contribution < -0.4 is 0 Å². The molecule has 0 rings (SSSR count). The summed E-state index contributed by atoms with van der Waals surface area (Å²) in [5, 5.41) is 0. The smallest absolute Gasteiger partial charge is 0.351 e. The molecule has 0 radical (unpaired) electrons. The van der Waals surface area contributed by atoms with Crippen LogP contribution in [-0.4, -0.2) is 56.5 Å². The van der Waals surface area contributed by atoms with E-state index in [9.17, 15) is 0 Å². The molecule has 0 bridgehead atoms. The van der Waals surface area contributed by atoms with Crippen LogP contribution in [0, 0.1) is 11.8 Å². The molecule has 0 aliphatic rings. The molecule has 0 aromatic heterocycles. The molecule has 0 saturated carbocycles. The van der Waals surface area contributed by atoms with Crippen molar-refractivity contribution in [1.29, 1.82) is 0 Å². The second-order valence-electron chi connectivity index (χ2n) is 12.5. The van der Waals surface area contributed by atoms with Crippen molar-refractivity contribution in [2.75, 3.05) is 36.2 Å². The molecule has 7 heteroatoms. The van der Waals surface area contributed by atoms with Gasteiger partial charge in [-0.15, -0.1) is 0 Å². The third-order valence-electron chi connectivity index (χ3n) is 7.06. The van der Waals surface area contributed by atoms with Gasteiger partial charge in [-0.2, -0.15) is 23.5 Å². The molecule has 0 aliphatic carbocycles. The molecule has 0 aromatic rings. The molecule has 0 N–H and O–H groups in total. The standard InChI is InChI=1S/C32H68O4S2Si/c1-11-17-21-29(15-5)25-33-39(34-26-30(16-6)22-18-12-2,35-31(7,8)27-37-23-19-13-3)36-32(9,10)28-38-24-20-14-4/h29-30H,11-28H2,1-10H3. The van der Waals surface area contributed by atoms with E-state index in [2.05, 4.69) is 69.2 Å². The lowest BCUT2D eigenvalue weighted by Crippen LogP contribution is -2.59. The highest BCUT2D eigenvalue weighted by Gasteiger charge is 2.54. The van der Waals surface area contributed by atoms with Gasteiger partial charge in [-0.1, -0.05) is 92.9 Å². The molecule has 0 saturated heterocycles. The molecule has 0 aromatic carbocycles. The van der Waals surface area contributed by atoms with Crippen LogP contribution in [0.2, 0.25) is 0 Å². The fourth-order valence-corrected chi connectivity index (χ4v) is 9.60. The normalized spacial score (nSPS) is 14.6. The maximum absolute atomic E-state index is 7.01. The predicted molar refractivity (Wildman–Crippen MR) is 179 cm³/mol. The summed E-state index contributed by atoms with van der Waals surface area (Å²) < 4.78 is 27.7. The molecule has 0 aliphatic heterocycles. The molecular formula is C32H68O4S2Si. The molecule has 0 heterocycles. The van der Waals surface area contributed by atoms with Gasteiger partial charge < -0.3 is 17.7 Å². The summed E-state index contributed by atoms with van der Waals surface area (Å²) in [6.07, 6.45) is 14.4. The zero-order valence-electron chi connectivity index (χ0n) is 27.8. The Labute approximate surface area is 255 Å². The van der Waals surface area contributed by atoms with Crippen LogP contribution in [-0.2, 0) is 17.7 Å². The van der Waals surface area contributed by atoms with Crippen molar-refractivity contribution >= 4 is 32.6 Å². The summed E-state index contributed by atoms with van der Waals surface area (Å²) in [7, 11) is -3.47. The third kappa shape index (κ3) is 20.3. The van der Waals surface area contributed by atoms with Gasteiger partial charge in [0.1, 0.15) is 0 Å². The van der Waals surface area contributed by atoms with E-state index in [0.717, 1.165) is 35.9 Å². The number of unbranched alkanes of at least 4 members (excludes halogenated alkanes) is 4. The molecular weight excluding hydrogens is 541 g/mol. The highest BCUT2D eigenvalue weighted by atomic mass is 32.2. The van der Waals surface area contributed by atoms with Crippen molar-refractivity contribution in [2.45, 2.75) is 157 Å². The second-order valence-corrected chi connectivity index (χ2v) is 16.7. The van der Waals surface area contributed by atoms with Crippen LogP contribution in [0.1, 0.15) is 146 Å². The molecule has 4 nitrogen and oxygen atoms in total. The second kappa shape index (κ2) is 23.2. The molecule has 0 fully saturated rings. The van der Waals surface area contributed by atoms with Crippen molar-refractivity contribution < 1.29 is 17.7 Å². The quantitative estimate of drug-likeness (QED) is 0.0649. The van der Waals surface area contributed by atoms with E-state index in [0.29, 0.717) is 25.0 Å². The first-order valence-electron chi connectivity index (χ1n) is 16.4. The molecule has 0 amide bonds. The Hall–Kier alpha value is 0.757. The summed E-state index contributed by atoms with van der Waals surface area (Å²) in [6.45, 7) is 23.6. The zero-order valence-corrected chi connectivity index (χ0v) is 30.5. The Bertz CT molecular complexity index is 514. The van der Waals surface area contributed by atoms with E-state index in [1.165, 1.54) is 64.2 Å². The molecule has 236 valence electrons. The van der Waals surface area contributed by atoms with Crippen molar-refractivity contribution in [3.63, 3.8) is 0 Å².